The summed E-state index contributed by atoms with van der Waals surface area (Å²) in [5, 5.41) is 10.8. The summed E-state index contributed by atoms with van der Waals surface area (Å²) < 4.78 is 11.3. The second-order valence-electron chi connectivity index (χ2n) is 9.06. The van der Waals surface area contributed by atoms with Crippen LogP contribution in [0.1, 0.15) is 42.9 Å². The van der Waals surface area contributed by atoms with Gasteiger partial charge >= 0.3 is 5.97 Å². The van der Waals surface area contributed by atoms with Gasteiger partial charge in [-0.1, -0.05) is 35.3 Å². The molecule has 8 nitrogen and oxygen atoms in total. The van der Waals surface area contributed by atoms with Crippen LogP contribution in [0.2, 0.25) is 10.0 Å². The van der Waals surface area contributed by atoms with Crippen LogP contribution in [0.3, 0.4) is 0 Å². The molecule has 4 rings (SSSR count). The number of carboxylic acid groups (broad SMARTS) is 1. The van der Waals surface area contributed by atoms with Gasteiger partial charge in [0.25, 0.3) is 0 Å². The first-order valence-electron chi connectivity index (χ1n) is 11.8. The summed E-state index contributed by atoms with van der Waals surface area (Å²) in [6, 6.07) is 9.45. The summed E-state index contributed by atoms with van der Waals surface area (Å²) >= 11 is 12.2. The Hall–Kier alpha value is -2.81. The average molecular weight is 535 g/mol. The lowest BCUT2D eigenvalue weighted by atomic mass is 10.0. The molecule has 2 aromatic rings. The molecule has 2 fully saturated rings. The summed E-state index contributed by atoms with van der Waals surface area (Å²) in [5.74, 6) is 0.0862. The van der Waals surface area contributed by atoms with Crippen molar-refractivity contribution < 1.29 is 29.0 Å². The van der Waals surface area contributed by atoms with E-state index >= 15 is 0 Å². The first-order chi connectivity index (χ1) is 17.3. The van der Waals surface area contributed by atoms with Crippen LogP contribution in [-0.4, -0.2) is 59.5 Å². The van der Waals surface area contributed by atoms with Crippen molar-refractivity contribution in [2.24, 2.45) is 5.92 Å². The molecule has 1 saturated heterocycles. The molecule has 1 N–H and O–H groups in total. The molecule has 0 spiro atoms. The number of aliphatic carboxylic acids is 1. The zero-order chi connectivity index (χ0) is 25.8. The van der Waals surface area contributed by atoms with Gasteiger partial charge in [-0.05, 0) is 54.2 Å². The van der Waals surface area contributed by atoms with Gasteiger partial charge in [-0.25, -0.2) is 0 Å². The number of hydrogen-bond acceptors (Lipinski definition) is 6. The van der Waals surface area contributed by atoms with Gasteiger partial charge in [-0.15, -0.1) is 0 Å². The number of amides is 2. The summed E-state index contributed by atoms with van der Waals surface area (Å²) in [6.45, 7) is 1.35. The third-order valence-corrected chi connectivity index (χ3v) is 7.13. The van der Waals surface area contributed by atoms with Crippen molar-refractivity contribution in [1.82, 2.24) is 9.80 Å². The number of carbonyl (C=O) groups is 3. The molecular weight excluding hydrogens is 507 g/mol. The number of likely N-dealkylation sites (tertiary alicyclic amines) is 1. The van der Waals surface area contributed by atoms with E-state index < -0.39 is 12.0 Å². The highest BCUT2D eigenvalue weighted by Crippen LogP contribution is 2.36. The fourth-order valence-corrected chi connectivity index (χ4v) is 4.68. The average Bonchev–Trinajstić information content (AvgIpc) is 3.61. The molecule has 36 heavy (non-hydrogen) atoms. The van der Waals surface area contributed by atoms with Crippen molar-refractivity contribution in [3.63, 3.8) is 0 Å². The largest absolute Gasteiger partial charge is 0.493 e. The number of nitrogens with zero attached hydrogens (tertiary/aromatic N) is 2. The minimum absolute atomic E-state index is 0.152. The van der Waals surface area contributed by atoms with E-state index in [2.05, 4.69) is 0 Å². The van der Waals surface area contributed by atoms with Crippen molar-refractivity contribution in [2.75, 3.05) is 26.8 Å². The van der Waals surface area contributed by atoms with Crippen molar-refractivity contribution in [2.45, 2.75) is 38.3 Å². The Morgan fingerprint density at radius 1 is 1.08 bits per heavy atom. The van der Waals surface area contributed by atoms with Gasteiger partial charge in [0.05, 0.1) is 23.7 Å². The minimum atomic E-state index is -0.966. The molecule has 2 aliphatic rings. The molecular formula is C26H28Cl2N2O6. The number of hydrogen-bond donors (Lipinski definition) is 1. The topological polar surface area (TPSA) is 96.4 Å². The van der Waals surface area contributed by atoms with E-state index in [0.717, 1.165) is 18.4 Å². The van der Waals surface area contributed by atoms with Crippen molar-refractivity contribution in [3.8, 4) is 11.5 Å². The van der Waals surface area contributed by atoms with E-state index in [1.807, 2.05) is 17.0 Å². The molecule has 192 valence electrons. The van der Waals surface area contributed by atoms with Crippen LogP contribution in [0.15, 0.2) is 36.4 Å². The minimum Gasteiger partial charge on any atom is -0.493 e. The number of methoxy groups -OCH3 is 1. The van der Waals surface area contributed by atoms with E-state index in [4.69, 9.17) is 32.7 Å². The lowest BCUT2D eigenvalue weighted by Crippen LogP contribution is -2.35. The fraction of sp³-hybridized carbons (Fsp3) is 0.423. The highest BCUT2D eigenvalue weighted by molar-refractivity contribution is 6.42. The van der Waals surface area contributed by atoms with E-state index in [9.17, 15) is 19.5 Å². The number of carboxylic acids is 1. The Morgan fingerprint density at radius 2 is 1.81 bits per heavy atom. The standard InChI is InChI=1S/C26H28Cl2N2O6/c1-35-22-12-17(4-7-21(22)36-11-10-30-23(31)8-9-24(30)32)15-29(14-16-2-3-16)25(26(33)34)18-5-6-19(27)20(28)13-18/h4-7,12-13,16,25H,2-3,8-11,14-15H2,1H3,(H,33,34)/t25-/m0/s1. The summed E-state index contributed by atoms with van der Waals surface area (Å²) in [4.78, 5) is 39.1. The SMILES string of the molecule is COc1cc(CN(CC2CC2)[C@H](C(=O)O)c2ccc(Cl)c(Cl)c2)ccc1OCCN1C(=O)CCC1=O. The van der Waals surface area contributed by atoms with E-state index in [0.29, 0.717) is 46.1 Å². The molecule has 1 atom stereocenters. The Bertz CT molecular complexity index is 1140. The van der Waals surface area contributed by atoms with Crippen LogP contribution in [0.5, 0.6) is 11.5 Å². The third kappa shape index (κ3) is 6.30. The van der Waals surface area contributed by atoms with Crippen LogP contribution in [-0.2, 0) is 20.9 Å². The number of imide groups is 1. The second kappa shape index (κ2) is 11.5. The predicted molar refractivity (Wildman–Crippen MR) is 134 cm³/mol. The van der Waals surface area contributed by atoms with Crippen molar-refractivity contribution in [1.29, 1.82) is 0 Å². The van der Waals surface area contributed by atoms with Crippen molar-refractivity contribution >= 4 is 41.0 Å². The molecule has 1 saturated carbocycles. The summed E-state index contributed by atoms with van der Waals surface area (Å²) in [6.07, 6.45) is 2.63. The summed E-state index contributed by atoms with van der Waals surface area (Å²) in [5.41, 5.74) is 1.42. The number of carbonyl (C=O) groups excluding carboxylic acids is 2. The fourth-order valence-electron chi connectivity index (χ4n) is 4.37. The maximum absolute atomic E-state index is 12.4. The van der Waals surface area contributed by atoms with E-state index in [-0.39, 0.29) is 37.8 Å². The third-order valence-electron chi connectivity index (χ3n) is 6.39. The van der Waals surface area contributed by atoms with Crippen LogP contribution >= 0.6 is 23.2 Å². The smallest absolute Gasteiger partial charge is 0.325 e. The van der Waals surface area contributed by atoms with Crippen LogP contribution in [0.25, 0.3) is 0 Å². The zero-order valence-electron chi connectivity index (χ0n) is 19.9. The Kier molecular flexibility index (Phi) is 8.39. The Labute approximate surface area is 219 Å². The quantitative estimate of drug-likeness (QED) is 0.398. The van der Waals surface area contributed by atoms with Gasteiger partial charge in [0.15, 0.2) is 11.5 Å². The maximum atomic E-state index is 12.4. The van der Waals surface area contributed by atoms with E-state index in [1.54, 1.807) is 24.3 Å². The van der Waals surface area contributed by atoms with Crippen molar-refractivity contribution in [3.05, 3.63) is 57.6 Å². The van der Waals surface area contributed by atoms with Gasteiger partial charge < -0.3 is 14.6 Å². The molecule has 1 heterocycles. The Morgan fingerprint density at radius 3 is 2.42 bits per heavy atom. The van der Waals surface area contributed by atoms with Gasteiger partial charge in [-0.2, -0.15) is 0 Å². The molecule has 0 radical (unpaired) electrons. The van der Waals surface area contributed by atoms with E-state index in [1.165, 1.54) is 12.0 Å². The van der Waals surface area contributed by atoms with Gasteiger partial charge in [0, 0.05) is 25.9 Å². The molecule has 0 bridgehead atoms. The molecule has 2 amide bonds. The second-order valence-corrected chi connectivity index (χ2v) is 9.87. The monoisotopic (exact) mass is 534 g/mol. The van der Waals surface area contributed by atoms with Gasteiger partial charge in [0.1, 0.15) is 12.6 Å². The van der Waals surface area contributed by atoms with Crippen LogP contribution < -0.4 is 9.47 Å². The highest BCUT2D eigenvalue weighted by Gasteiger charge is 2.33. The Balaban J connectivity index is 1.49. The highest BCUT2D eigenvalue weighted by atomic mass is 35.5. The first-order valence-corrected chi connectivity index (χ1v) is 12.6. The maximum Gasteiger partial charge on any atom is 0.325 e. The molecule has 1 aliphatic heterocycles. The molecule has 0 unspecified atom stereocenters. The van der Waals surface area contributed by atoms with Crippen LogP contribution in [0.4, 0.5) is 0 Å². The summed E-state index contributed by atoms with van der Waals surface area (Å²) in [7, 11) is 1.53. The molecule has 1 aliphatic carbocycles. The molecule has 2 aromatic carbocycles. The lowest BCUT2D eigenvalue weighted by molar-refractivity contribution is -0.144. The molecule has 0 aromatic heterocycles. The number of halogens is 2. The number of benzene rings is 2. The number of rotatable bonds is 12. The zero-order valence-corrected chi connectivity index (χ0v) is 21.4. The van der Waals surface area contributed by atoms with Gasteiger partial charge in [-0.3, -0.25) is 24.2 Å². The number of ether oxygens (including phenoxy) is 2. The van der Waals surface area contributed by atoms with Crippen LogP contribution in [0, 0.1) is 5.92 Å². The first kappa shape index (κ1) is 26.3. The molecule has 10 heteroatoms. The van der Waals surface area contributed by atoms with Gasteiger partial charge in [0.2, 0.25) is 11.8 Å². The predicted octanol–water partition coefficient (Wildman–Crippen LogP) is 4.57. The normalized spacial score (nSPS) is 16.5. The lowest BCUT2D eigenvalue weighted by Gasteiger charge is -2.30.